The molecule has 0 bridgehead atoms. The van der Waals surface area contributed by atoms with Crippen LogP contribution in [0.1, 0.15) is 27.2 Å². The Morgan fingerprint density at radius 3 is 2.33 bits per heavy atom. The number of hydrogen-bond acceptors (Lipinski definition) is 3. The van der Waals surface area contributed by atoms with Crippen LogP contribution in [0.25, 0.3) is 0 Å². The lowest BCUT2D eigenvalue weighted by atomic mass is 10.3. The van der Waals surface area contributed by atoms with Crippen LogP contribution in [-0.4, -0.2) is 38.2 Å². The fraction of sp³-hybridized carbons (Fsp3) is 0.778. The molecule has 0 aliphatic rings. The summed E-state index contributed by atoms with van der Waals surface area (Å²) < 4.78 is 11.7. The summed E-state index contributed by atoms with van der Waals surface area (Å²) in [5.41, 5.74) is 0. The molecule has 6 heteroatoms. The third-order valence-electron chi connectivity index (χ3n) is 1.93. The maximum absolute atomic E-state index is 11.7. The second-order valence-corrected chi connectivity index (χ2v) is 5.44. The topological polar surface area (TPSA) is 83.5 Å². The lowest BCUT2D eigenvalue weighted by Crippen LogP contribution is -2.38. The van der Waals surface area contributed by atoms with Gasteiger partial charge in [-0.25, -0.2) is 0 Å². The third kappa shape index (κ3) is 4.92. The molecule has 0 aromatic rings. The fourth-order valence-corrected chi connectivity index (χ4v) is 2.40. The quantitative estimate of drug-likeness (QED) is 0.685. The molecule has 0 aromatic carbocycles. The molecule has 88 valence electrons. The molecule has 0 saturated carbocycles. The number of hydrogen-bond donors (Lipinski definition) is 2. The fourth-order valence-electron chi connectivity index (χ4n) is 1.10. The molecule has 0 aliphatic heterocycles. The second kappa shape index (κ2) is 6.55. The van der Waals surface area contributed by atoms with Gasteiger partial charge in [-0.05, 0) is 13.8 Å². The van der Waals surface area contributed by atoms with Crippen LogP contribution < -0.4 is 5.32 Å². The van der Waals surface area contributed by atoms with Gasteiger partial charge in [0.05, 0.1) is 6.42 Å². The van der Waals surface area contributed by atoms with Crippen LogP contribution >= 0.6 is 0 Å². The van der Waals surface area contributed by atoms with Crippen molar-refractivity contribution in [2.24, 2.45) is 0 Å². The summed E-state index contributed by atoms with van der Waals surface area (Å²) in [5.74, 6) is -1.30. The highest BCUT2D eigenvalue weighted by atomic mass is 32.2. The average Bonchev–Trinajstić information content (AvgIpc) is 2.14. The molecule has 0 radical (unpaired) electrons. The van der Waals surface area contributed by atoms with E-state index < -0.39 is 27.3 Å². The van der Waals surface area contributed by atoms with E-state index in [4.69, 9.17) is 5.11 Å². The minimum absolute atomic E-state index is 0.184. The number of carboxylic acids is 1. The van der Waals surface area contributed by atoms with Crippen LogP contribution in [0, 0.1) is 0 Å². The van der Waals surface area contributed by atoms with E-state index in [0.717, 1.165) is 0 Å². The van der Waals surface area contributed by atoms with Crippen molar-refractivity contribution < 1.29 is 18.9 Å². The first-order chi connectivity index (χ1) is 6.90. The summed E-state index contributed by atoms with van der Waals surface area (Å²) in [6, 6.07) is 0. The first kappa shape index (κ1) is 14.1. The van der Waals surface area contributed by atoms with Gasteiger partial charge in [-0.3, -0.25) is 13.8 Å². The highest BCUT2D eigenvalue weighted by Crippen LogP contribution is 2.08. The predicted molar refractivity (Wildman–Crippen MR) is 58.0 cm³/mol. The number of nitrogens with one attached hydrogen (secondary N) is 1. The highest BCUT2D eigenvalue weighted by Gasteiger charge is 2.25. The third-order valence-corrected chi connectivity index (χ3v) is 3.80. The average molecular weight is 235 g/mol. The molecule has 0 rings (SSSR count). The molecule has 3 unspecified atom stereocenters. The van der Waals surface area contributed by atoms with Crippen LogP contribution in [0.5, 0.6) is 0 Å². The zero-order valence-corrected chi connectivity index (χ0v) is 9.97. The van der Waals surface area contributed by atoms with E-state index in [0.29, 0.717) is 6.54 Å². The summed E-state index contributed by atoms with van der Waals surface area (Å²) in [4.78, 5) is 21.7. The highest BCUT2D eigenvalue weighted by molar-refractivity contribution is 7.87. The van der Waals surface area contributed by atoms with Crippen LogP contribution in [0.3, 0.4) is 0 Å². The first-order valence-electron chi connectivity index (χ1n) is 4.79. The maximum atomic E-state index is 11.7. The molecule has 0 saturated heterocycles. The SMILES string of the molecule is CCNC(=O)C(C)S(=O)C(C)CC(=O)O. The summed E-state index contributed by atoms with van der Waals surface area (Å²) in [5, 5.41) is 9.90. The van der Waals surface area contributed by atoms with Crippen LogP contribution in [0.15, 0.2) is 0 Å². The monoisotopic (exact) mass is 235 g/mol. The molecule has 15 heavy (non-hydrogen) atoms. The number of carbonyl (C=O) groups is 2. The van der Waals surface area contributed by atoms with Gasteiger partial charge in [0.15, 0.2) is 0 Å². The normalized spacial score (nSPS) is 16.5. The summed E-state index contributed by atoms with van der Waals surface area (Å²) in [7, 11) is -1.45. The Morgan fingerprint density at radius 2 is 1.93 bits per heavy atom. The van der Waals surface area contributed by atoms with Crippen molar-refractivity contribution in [2.45, 2.75) is 37.7 Å². The van der Waals surface area contributed by atoms with E-state index in [1.165, 1.54) is 0 Å². The molecule has 0 spiro atoms. The Balaban J connectivity index is 4.30. The Kier molecular flexibility index (Phi) is 6.15. The minimum Gasteiger partial charge on any atom is -0.481 e. The van der Waals surface area contributed by atoms with Gasteiger partial charge in [0.1, 0.15) is 5.25 Å². The molecule has 0 fully saturated rings. The van der Waals surface area contributed by atoms with E-state index in [-0.39, 0.29) is 12.3 Å². The number of carboxylic acid groups (broad SMARTS) is 1. The smallest absolute Gasteiger partial charge is 0.304 e. The van der Waals surface area contributed by atoms with Gasteiger partial charge >= 0.3 is 5.97 Å². The lowest BCUT2D eigenvalue weighted by Gasteiger charge is -2.15. The molecule has 0 aromatic heterocycles. The van der Waals surface area contributed by atoms with Crippen molar-refractivity contribution in [3.63, 3.8) is 0 Å². The predicted octanol–water partition coefficient (Wildman–Crippen LogP) is 0.123. The summed E-state index contributed by atoms with van der Waals surface area (Å²) in [6.07, 6.45) is -0.184. The number of amides is 1. The Morgan fingerprint density at radius 1 is 1.40 bits per heavy atom. The van der Waals surface area contributed by atoms with Crippen molar-refractivity contribution in [3.05, 3.63) is 0 Å². The van der Waals surface area contributed by atoms with Gasteiger partial charge in [0, 0.05) is 22.6 Å². The molecule has 3 atom stereocenters. The van der Waals surface area contributed by atoms with E-state index in [2.05, 4.69) is 5.32 Å². The van der Waals surface area contributed by atoms with E-state index >= 15 is 0 Å². The number of carbonyl (C=O) groups excluding carboxylic acids is 1. The van der Waals surface area contributed by atoms with Crippen LogP contribution in [0.4, 0.5) is 0 Å². The van der Waals surface area contributed by atoms with Gasteiger partial charge in [0.25, 0.3) is 0 Å². The molecule has 0 aliphatic carbocycles. The Bertz CT molecular complexity index is 267. The van der Waals surface area contributed by atoms with Gasteiger partial charge in [-0.1, -0.05) is 6.92 Å². The van der Waals surface area contributed by atoms with Gasteiger partial charge in [-0.2, -0.15) is 0 Å². The van der Waals surface area contributed by atoms with E-state index in [9.17, 15) is 13.8 Å². The number of aliphatic carboxylic acids is 1. The second-order valence-electron chi connectivity index (χ2n) is 3.27. The van der Waals surface area contributed by atoms with E-state index in [1.807, 2.05) is 0 Å². The molecule has 1 amide bonds. The largest absolute Gasteiger partial charge is 0.481 e. The standard InChI is InChI=1S/C9H17NO4S/c1-4-10-9(13)7(3)15(14)6(2)5-8(11)12/h6-7H,4-5H2,1-3H3,(H,10,13)(H,11,12). The van der Waals surface area contributed by atoms with Crippen LogP contribution in [-0.2, 0) is 20.4 Å². The zero-order chi connectivity index (χ0) is 12.0. The van der Waals surface area contributed by atoms with Crippen molar-refractivity contribution in [2.75, 3.05) is 6.54 Å². The maximum Gasteiger partial charge on any atom is 0.304 e. The molecular formula is C9H17NO4S. The summed E-state index contributed by atoms with van der Waals surface area (Å²) in [6.45, 7) is 5.36. The summed E-state index contributed by atoms with van der Waals surface area (Å²) >= 11 is 0. The molecule has 5 nitrogen and oxygen atoms in total. The Hall–Kier alpha value is -0.910. The molecule has 2 N–H and O–H groups in total. The van der Waals surface area contributed by atoms with Crippen LogP contribution in [0.2, 0.25) is 0 Å². The van der Waals surface area contributed by atoms with Gasteiger partial charge in [-0.15, -0.1) is 0 Å². The lowest BCUT2D eigenvalue weighted by molar-refractivity contribution is -0.137. The van der Waals surface area contributed by atoms with Crippen molar-refractivity contribution in [1.82, 2.24) is 5.32 Å². The van der Waals surface area contributed by atoms with Gasteiger partial charge in [0.2, 0.25) is 5.91 Å². The van der Waals surface area contributed by atoms with Crippen molar-refractivity contribution >= 4 is 22.7 Å². The van der Waals surface area contributed by atoms with Gasteiger partial charge < -0.3 is 10.4 Å². The Labute approximate surface area is 91.7 Å². The molecule has 0 heterocycles. The van der Waals surface area contributed by atoms with Crippen molar-refractivity contribution in [3.8, 4) is 0 Å². The zero-order valence-electron chi connectivity index (χ0n) is 9.15. The van der Waals surface area contributed by atoms with E-state index in [1.54, 1.807) is 20.8 Å². The first-order valence-corrected chi connectivity index (χ1v) is 6.06. The molecular weight excluding hydrogens is 218 g/mol. The number of rotatable bonds is 6. The van der Waals surface area contributed by atoms with Crippen molar-refractivity contribution in [1.29, 1.82) is 0 Å². The minimum atomic E-state index is -1.45.